The van der Waals surface area contributed by atoms with Crippen molar-refractivity contribution in [1.29, 1.82) is 0 Å². The second-order valence-electron chi connectivity index (χ2n) is 7.39. The molecule has 4 rings (SSSR count). The number of carbonyl (C=O) groups excluding carboxylic acids is 2. The molecule has 0 atom stereocenters. The molecule has 150 valence electrons. The number of halogens is 1. The molecule has 0 bridgehead atoms. The fourth-order valence-corrected chi connectivity index (χ4v) is 3.51. The molecule has 2 amide bonds. The van der Waals surface area contributed by atoms with Crippen LogP contribution in [0, 0.1) is 26.6 Å². The lowest BCUT2D eigenvalue weighted by atomic mass is 10.0. The number of carbonyl (C=O) groups is 2. The molecule has 0 aliphatic carbocycles. The van der Waals surface area contributed by atoms with Gasteiger partial charge in [0.05, 0.1) is 11.3 Å². The van der Waals surface area contributed by atoms with Crippen LogP contribution in [-0.2, 0) is 9.59 Å². The zero-order valence-electron chi connectivity index (χ0n) is 17.0. The van der Waals surface area contributed by atoms with Gasteiger partial charge in [0, 0.05) is 5.69 Å². The molecule has 0 saturated carbocycles. The Balaban J connectivity index is 1.87. The Hall–Kier alpha value is -3.73. The minimum atomic E-state index is -0.629. The third-order valence-corrected chi connectivity index (χ3v) is 5.38. The van der Waals surface area contributed by atoms with Gasteiger partial charge in [0.1, 0.15) is 11.5 Å². The number of aryl methyl sites for hydroxylation is 2. The normalized spacial score (nSPS) is 13.9. The summed E-state index contributed by atoms with van der Waals surface area (Å²) in [5, 5.41) is 3.16. The maximum Gasteiger partial charge on any atom is 0.282 e. The fourth-order valence-electron chi connectivity index (χ4n) is 3.51. The van der Waals surface area contributed by atoms with Crippen molar-refractivity contribution >= 4 is 28.8 Å². The van der Waals surface area contributed by atoms with Gasteiger partial charge in [-0.2, -0.15) is 0 Å². The number of nitrogens with zero attached hydrogens (tertiary/aromatic N) is 1. The Morgan fingerprint density at radius 2 is 1.50 bits per heavy atom. The summed E-state index contributed by atoms with van der Waals surface area (Å²) in [6, 6.07) is 18.8. The second-order valence-corrected chi connectivity index (χ2v) is 7.39. The number of para-hydroxylation sites is 1. The van der Waals surface area contributed by atoms with E-state index in [9.17, 15) is 14.0 Å². The van der Waals surface area contributed by atoms with Gasteiger partial charge in [0.2, 0.25) is 0 Å². The maximum atomic E-state index is 14.5. The molecular weight excluding hydrogens is 379 g/mol. The van der Waals surface area contributed by atoms with Crippen LogP contribution in [0.5, 0.6) is 0 Å². The van der Waals surface area contributed by atoms with E-state index in [2.05, 4.69) is 5.32 Å². The molecule has 1 aliphatic heterocycles. The fraction of sp³-hybridized carbons (Fsp3) is 0.120. The number of hydrogen-bond acceptors (Lipinski definition) is 3. The summed E-state index contributed by atoms with van der Waals surface area (Å²) in [7, 11) is 0. The van der Waals surface area contributed by atoms with Gasteiger partial charge in [-0.15, -0.1) is 0 Å². The van der Waals surface area contributed by atoms with Crippen molar-refractivity contribution < 1.29 is 14.0 Å². The Bertz CT molecular complexity index is 1200. The molecule has 0 spiro atoms. The van der Waals surface area contributed by atoms with E-state index in [0.717, 1.165) is 27.3 Å². The smallest absolute Gasteiger partial charge is 0.282 e. The molecule has 0 aromatic heterocycles. The van der Waals surface area contributed by atoms with Crippen molar-refractivity contribution in [2.24, 2.45) is 0 Å². The quantitative estimate of drug-likeness (QED) is 0.617. The SMILES string of the molecule is Cc1ccc(C2=C(Nc3cccc(C)c3C)C(=O)N(c3ccccc3F)C2=O)cc1. The number of amides is 2. The van der Waals surface area contributed by atoms with Crippen molar-refractivity contribution in [1.82, 2.24) is 0 Å². The monoisotopic (exact) mass is 400 g/mol. The Morgan fingerprint density at radius 3 is 2.20 bits per heavy atom. The van der Waals surface area contributed by atoms with Crippen molar-refractivity contribution in [2.45, 2.75) is 20.8 Å². The van der Waals surface area contributed by atoms with E-state index in [4.69, 9.17) is 0 Å². The minimum absolute atomic E-state index is 0.0603. The van der Waals surface area contributed by atoms with E-state index in [1.807, 2.05) is 51.1 Å². The number of anilines is 2. The highest BCUT2D eigenvalue weighted by atomic mass is 19.1. The highest BCUT2D eigenvalue weighted by Crippen LogP contribution is 2.35. The predicted octanol–water partition coefficient (Wildman–Crippen LogP) is 5.15. The molecule has 3 aromatic carbocycles. The minimum Gasteiger partial charge on any atom is -0.350 e. The van der Waals surface area contributed by atoms with E-state index in [1.54, 1.807) is 18.2 Å². The molecule has 0 unspecified atom stereocenters. The standard InChI is InChI=1S/C25H21FN2O2/c1-15-11-13-18(14-12-15)22-23(27-20-9-6-7-16(2)17(20)3)25(30)28(24(22)29)21-10-5-4-8-19(21)26/h4-14,27H,1-3H3. The third kappa shape index (κ3) is 3.28. The summed E-state index contributed by atoms with van der Waals surface area (Å²) in [4.78, 5) is 27.6. The van der Waals surface area contributed by atoms with Crippen molar-refractivity contribution in [2.75, 3.05) is 10.2 Å². The van der Waals surface area contributed by atoms with Crippen LogP contribution in [0.25, 0.3) is 5.57 Å². The van der Waals surface area contributed by atoms with Crippen LogP contribution >= 0.6 is 0 Å². The highest BCUT2D eigenvalue weighted by molar-refractivity contribution is 6.46. The summed E-state index contributed by atoms with van der Waals surface area (Å²) in [6.07, 6.45) is 0. The van der Waals surface area contributed by atoms with Crippen LogP contribution in [0.3, 0.4) is 0 Å². The van der Waals surface area contributed by atoms with Crippen LogP contribution in [0.2, 0.25) is 0 Å². The largest absolute Gasteiger partial charge is 0.350 e. The predicted molar refractivity (Wildman–Crippen MR) is 117 cm³/mol. The summed E-state index contributed by atoms with van der Waals surface area (Å²) in [6.45, 7) is 5.86. The second kappa shape index (κ2) is 7.59. The van der Waals surface area contributed by atoms with Crippen LogP contribution in [-0.4, -0.2) is 11.8 Å². The van der Waals surface area contributed by atoms with Gasteiger partial charge in [-0.3, -0.25) is 9.59 Å². The molecule has 0 radical (unpaired) electrons. The lowest BCUT2D eigenvalue weighted by molar-refractivity contribution is -0.120. The van der Waals surface area contributed by atoms with Gasteiger partial charge in [0.15, 0.2) is 0 Å². The number of benzene rings is 3. The Labute approximate surface area is 174 Å². The molecule has 1 heterocycles. The first-order valence-corrected chi connectivity index (χ1v) is 9.66. The number of rotatable bonds is 4. The molecule has 4 nitrogen and oxygen atoms in total. The third-order valence-electron chi connectivity index (χ3n) is 5.38. The molecule has 1 N–H and O–H groups in total. The van der Waals surface area contributed by atoms with Crippen molar-refractivity contribution in [3.63, 3.8) is 0 Å². The summed E-state index contributed by atoms with van der Waals surface area (Å²) in [5.41, 5.74) is 4.70. The van der Waals surface area contributed by atoms with Gasteiger partial charge in [-0.25, -0.2) is 9.29 Å². The Morgan fingerprint density at radius 1 is 0.800 bits per heavy atom. The maximum absolute atomic E-state index is 14.5. The lowest BCUT2D eigenvalue weighted by Crippen LogP contribution is -2.33. The first-order chi connectivity index (χ1) is 14.4. The summed E-state index contributed by atoms with van der Waals surface area (Å²) >= 11 is 0. The van der Waals surface area contributed by atoms with Gasteiger partial charge in [0.25, 0.3) is 11.8 Å². The number of hydrogen-bond donors (Lipinski definition) is 1. The average Bonchev–Trinajstić information content (AvgIpc) is 2.96. The zero-order valence-corrected chi connectivity index (χ0v) is 17.0. The van der Waals surface area contributed by atoms with E-state index >= 15 is 0 Å². The van der Waals surface area contributed by atoms with E-state index in [-0.39, 0.29) is 17.0 Å². The van der Waals surface area contributed by atoms with Gasteiger partial charge in [-0.1, -0.05) is 54.1 Å². The van der Waals surface area contributed by atoms with E-state index in [0.29, 0.717) is 5.56 Å². The zero-order chi connectivity index (χ0) is 21.4. The number of imide groups is 1. The van der Waals surface area contributed by atoms with Crippen LogP contribution < -0.4 is 10.2 Å². The summed E-state index contributed by atoms with van der Waals surface area (Å²) in [5.74, 6) is -1.77. The van der Waals surface area contributed by atoms with Gasteiger partial charge in [-0.05, 0) is 55.7 Å². The molecule has 3 aromatic rings. The Kier molecular flexibility index (Phi) is 4.96. The first-order valence-electron chi connectivity index (χ1n) is 9.66. The van der Waals surface area contributed by atoms with Crippen LogP contribution in [0.15, 0.2) is 72.4 Å². The lowest BCUT2D eigenvalue weighted by Gasteiger charge is -2.16. The van der Waals surface area contributed by atoms with Gasteiger partial charge >= 0.3 is 0 Å². The molecule has 30 heavy (non-hydrogen) atoms. The molecule has 1 aliphatic rings. The van der Waals surface area contributed by atoms with E-state index in [1.165, 1.54) is 18.2 Å². The topological polar surface area (TPSA) is 49.4 Å². The van der Waals surface area contributed by atoms with Crippen LogP contribution in [0.4, 0.5) is 15.8 Å². The molecular formula is C25H21FN2O2. The molecule has 0 fully saturated rings. The first kappa shape index (κ1) is 19.6. The van der Waals surface area contributed by atoms with E-state index < -0.39 is 17.6 Å². The van der Waals surface area contributed by atoms with Crippen LogP contribution in [0.1, 0.15) is 22.3 Å². The average molecular weight is 400 g/mol. The van der Waals surface area contributed by atoms with Crippen molar-refractivity contribution in [3.8, 4) is 0 Å². The summed E-state index contributed by atoms with van der Waals surface area (Å²) < 4.78 is 14.5. The highest BCUT2D eigenvalue weighted by Gasteiger charge is 2.41. The van der Waals surface area contributed by atoms with Crippen molar-refractivity contribution in [3.05, 3.63) is 100 Å². The molecule has 5 heteroatoms. The molecule has 0 saturated heterocycles. The van der Waals surface area contributed by atoms with Gasteiger partial charge < -0.3 is 5.32 Å². The number of nitrogens with one attached hydrogen (secondary N) is 1.